The first kappa shape index (κ1) is 16.4. The van der Waals surface area contributed by atoms with Crippen molar-refractivity contribution < 1.29 is 19.8 Å². The van der Waals surface area contributed by atoms with Crippen molar-refractivity contribution in [1.82, 2.24) is 5.32 Å². The van der Waals surface area contributed by atoms with Gasteiger partial charge in [-0.15, -0.1) is 0 Å². The van der Waals surface area contributed by atoms with Gasteiger partial charge in [0.25, 0.3) is 0 Å². The fourth-order valence-corrected chi connectivity index (χ4v) is 1.45. The average Bonchev–Trinajstić information content (AvgIpc) is 2.26. The van der Waals surface area contributed by atoms with Crippen molar-refractivity contribution in [2.24, 2.45) is 11.8 Å². The van der Waals surface area contributed by atoms with Crippen LogP contribution in [0.1, 0.15) is 33.6 Å². The van der Waals surface area contributed by atoms with Crippen molar-refractivity contribution in [2.45, 2.75) is 45.8 Å². The molecule has 3 N–H and O–H groups in total. The second-order valence-electron chi connectivity index (χ2n) is 4.81. The first-order valence-corrected chi connectivity index (χ1v) is 5.88. The Morgan fingerprint density at radius 2 is 1.83 bits per heavy atom. The summed E-state index contributed by atoms with van der Waals surface area (Å²) in [5, 5.41) is 29.3. The van der Waals surface area contributed by atoms with Gasteiger partial charge in [0.1, 0.15) is 12.1 Å². The number of carbonyl (C=O) groups is 2. The number of carboxylic acids is 1. The number of nitrogens with one attached hydrogen (secondary N) is 1. The minimum atomic E-state index is -1.22. The number of aliphatic hydroxyl groups is 1. The van der Waals surface area contributed by atoms with Gasteiger partial charge in [-0.2, -0.15) is 5.26 Å². The van der Waals surface area contributed by atoms with E-state index >= 15 is 0 Å². The van der Waals surface area contributed by atoms with Crippen LogP contribution in [0.15, 0.2) is 0 Å². The van der Waals surface area contributed by atoms with E-state index in [0.29, 0.717) is 0 Å². The van der Waals surface area contributed by atoms with Crippen molar-refractivity contribution >= 4 is 11.9 Å². The SMILES string of the molecule is CC(C)C[C@H](O)C(=O)N[C@@H](C[C@@H](C)C#N)C(=O)O. The lowest BCUT2D eigenvalue weighted by Crippen LogP contribution is -2.46. The van der Waals surface area contributed by atoms with Gasteiger partial charge in [-0.3, -0.25) is 4.79 Å². The monoisotopic (exact) mass is 256 g/mol. The van der Waals surface area contributed by atoms with Gasteiger partial charge in [0.2, 0.25) is 5.91 Å². The summed E-state index contributed by atoms with van der Waals surface area (Å²) in [7, 11) is 0. The van der Waals surface area contributed by atoms with E-state index < -0.39 is 29.9 Å². The predicted molar refractivity (Wildman–Crippen MR) is 64.4 cm³/mol. The second-order valence-corrected chi connectivity index (χ2v) is 4.81. The first-order chi connectivity index (χ1) is 8.27. The zero-order valence-electron chi connectivity index (χ0n) is 10.9. The number of hydrogen-bond acceptors (Lipinski definition) is 4. The molecule has 6 heteroatoms. The van der Waals surface area contributed by atoms with E-state index in [1.54, 1.807) is 6.92 Å². The van der Waals surface area contributed by atoms with E-state index in [4.69, 9.17) is 10.4 Å². The zero-order chi connectivity index (χ0) is 14.3. The molecule has 0 heterocycles. The summed E-state index contributed by atoms with van der Waals surface area (Å²) >= 11 is 0. The van der Waals surface area contributed by atoms with E-state index in [-0.39, 0.29) is 18.8 Å². The number of amides is 1. The van der Waals surface area contributed by atoms with Gasteiger partial charge in [-0.1, -0.05) is 13.8 Å². The average molecular weight is 256 g/mol. The third kappa shape index (κ3) is 6.21. The highest BCUT2D eigenvalue weighted by Gasteiger charge is 2.25. The van der Waals surface area contributed by atoms with Crippen LogP contribution >= 0.6 is 0 Å². The number of aliphatic hydroxyl groups excluding tert-OH is 1. The molecular weight excluding hydrogens is 236 g/mol. The molecule has 0 aliphatic rings. The number of hydrogen-bond donors (Lipinski definition) is 3. The lowest BCUT2D eigenvalue weighted by Gasteiger charge is -2.18. The maximum Gasteiger partial charge on any atom is 0.326 e. The van der Waals surface area contributed by atoms with Crippen molar-refractivity contribution in [3.8, 4) is 6.07 Å². The van der Waals surface area contributed by atoms with E-state index in [0.717, 1.165) is 0 Å². The van der Waals surface area contributed by atoms with E-state index in [9.17, 15) is 14.7 Å². The van der Waals surface area contributed by atoms with Gasteiger partial charge >= 0.3 is 5.97 Å². The summed E-state index contributed by atoms with van der Waals surface area (Å²) in [5.41, 5.74) is 0. The highest BCUT2D eigenvalue weighted by molar-refractivity contribution is 5.86. The molecular formula is C12H20N2O4. The largest absolute Gasteiger partial charge is 0.480 e. The maximum absolute atomic E-state index is 11.6. The maximum atomic E-state index is 11.6. The molecule has 0 aliphatic carbocycles. The van der Waals surface area contributed by atoms with Crippen LogP contribution in [0, 0.1) is 23.2 Å². The summed E-state index contributed by atoms with van der Waals surface area (Å²) in [6.07, 6.45) is -0.929. The zero-order valence-corrected chi connectivity index (χ0v) is 10.9. The standard InChI is InChI=1S/C12H20N2O4/c1-7(2)4-10(15)11(16)14-9(12(17)18)5-8(3)6-13/h7-10,15H,4-5H2,1-3H3,(H,14,16)(H,17,18)/t8-,9+,10+/m1/s1. The van der Waals surface area contributed by atoms with E-state index in [1.807, 2.05) is 19.9 Å². The predicted octanol–water partition coefficient (Wildman–Crippen LogP) is 0.513. The molecule has 0 aliphatic heterocycles. The van der Waals surface area contributed by atoms with Crippen LogP contribution in [-0.2, 0) is 9.59 Å². The molecule has 102 valence electrons. The molecule has 0 unspecified atom stereocenters. The van der Waals surface area contributed by atoms with Gasteiger partial charge in [-0.25, -0.2) is 4.79 Å². The molecule has 3 atom stereocenters. The highest BCUT2D eigenvalue weighted by atomic mass is 16.4. The van der Waals surface area contributed by atoms with Gasteiger partial charge in [-0.05, 0) is 25.7 Å². The Bertz CT molecular complexity index is 335. The Labute approximate surface area is 107 Å². The van der Waals surface area contributed by atoms with Gasteiger partial charge in [0.15, 0.2) is 0 Å². The van der Waals surface area contributed by atoms with Crippen molar-refractivity contribution in [1.29, 1.82) is 5.26 Å². The topological polar surface area (TPSA) is 110 Å². The summed E-state index contributed by atoms with van der Waals surface area (Å²) < 4.78 is 0. The van der Waals surface area contributed by atoms with Gasteiger partial charge in [0, 0.05) is 5.92 Å². The highest BCUT2D eigenvalue weighted by Crippen LogP contribution is 2.08. The minimum absolute atomic E-state index is 0.0198. The van der Waals surface area contributed by atoms with E-state index in [1.165, 1.54) is 0 Å². The summed E-state index contributed by atoms with van der Waals surface area (Å²) in [4.78, 5) is 22.5. The third-order valence-corrected chi connectivity index (χ3v) is 2.42. The Morgan fingerprint density at radius 1 is 1.28 bits per heavy atom. The molecule has 0 saturated heterocycles. The molecule has 0 bridgehead atoms. The Hall–Kier alpha value is -1.61. The Kier molecular flexibility index (Phi) is 6.98. The molecule has 18 heavy (non-hydrogen) atoms. The molecule has 6 nitrogen and oxygen atoms in total. The van der Waals surface area contributed by atoms with Crippen molar-refractivity contribution in [2.75, 3.05) is 0 Å². The molecule has 0 rings (SSSR count). The van der Waals surface area contributed by atoms with Gasteiger partial charge in [0.05, 0.1) is 6.07 Å². The van der Waals surface area contributed by atoms with Crippen LogP contribution in [0.5, 0.6) is 0 Å². The lowest BCUT2D eigenvalue weighted by atomic mass is 10.0. The molecule has 0 fully saturated rings. The number of rotatable bonds is 7. The third-order valence-electron chi connectivity index (χ3n) is 2.42. The van der Waals surface area contributed by atoms with Crippen LogP contribution in [-0.4, -0.2) is 34.2 Å². The minimum Gasteiger partial charge on any atom is -0.480 e. The van der Waals surface area contributed by atoms with Crippen LogP contribution in [0.3, 0.4) is 0 Å². The van der Waals surface area contributed by atoms with Crippen LogP contribution in [0.25, 0.3) is 0 Å². The Morgan fingerprint density at radius 3 is 2.22 bits per heavy atom. The molecule has 0 aromatic heterocycles. The molecule has 0 aromatic rings. The van der Waals surface area contributed by atoms with Gasteiger partial charge < -0.3 is 15.5 Å². The summed E-state index contributed by atoms with van der Waals surface area (Å²) in [6.45, 7) is 5.28. The molecule has 0 aromatic carbocycles. The number of nitriles is 1. The lowest BCUT2D eigenvalue weighted by molar-refractivity contribution is -0.144. The van der Waals surface area contributed by atoms with Crippen molar-refractivity contribution in [3.63, 3.8) is 0 Å². The van der Waals surface area contributed by atoms with Crippen LogP contribution in [0.4, 0.5) is 0 Å². The number of carboxylic acid groups (broad SMARTS) is 1. The first-order valence-electron chi connectivity index (χ1n) is 5.88. The molecule has 0 saturated carbocycles. The number of nitrogens with zero attached hydrogens (tertiary/aromatic N) is 1. The fourth-order valence-electron chi connectivity index (χ4n) is 1.45. The number of carbonyl (C=O) groups excluding carboxylic acids is 1. The fraction of sp³-hybridized carbons (Fsp3) is 0.750. The molecule has 0 spiro atoms. The molecule has 0 radical (unpaired) electrons. The quantitative estimate of drug-likeness (QED) is 0.614. The van der Waals surface area contributed by atoms with Crippen LogP contribution in [0.2, 0.25) is 0 Å². The second kappa shape index (κ2) is 7.67. The van der Waals surface area contributed by atoms with Crippen LogP contribution < -0.4 is 5.32 Å². The number of aliphatic carboxylic acids is 1. The normalized spacial score (nSPS) is 15.6. The van der Waals surface area contributed by atoms with Crippen molar-refractivity contribution in [3.05, 3.63) is 0 Å². The Balaban J connectivity index is 4.46. The summed E-state index contributed by atoms with van der Waals surface area (Å²) in [5.74, 6) is -2.26. The smallest absolute Gasteiger partial charge is 0.326 e. The summed E-state index contributed by atoms with van der Waals surface area (Å²) in [6, 6.07) is 0.763. The molecule has 1 amide bonds. The van der Waals surface area contributed by atoms with E-state index in [2.05, 4.69) is 5.32 Å².